The van der Waals surface area contributed by atoms with E-state index in [1.54, 1.807) is 11.4 Å². The summed E-state index contributed by atoms with van der Waals surface area (Å²) in [6, 6.07) is 6.17. The Morgan fingerprint density at radius 1 is 1.33 bits per heavy atom. The Balaban J connectivity index is 2.23. The van der Waals surface area contributed by atoms with Gasteiger partial charge in [0.1, 0.15) is 0 Å². The SMILES string of the molecule is CS(=O)(=O)Nc1ccc(Cl)c(NC(=O)c2csc(Br)c2)c1. The normalized spacial score (nSPS) is 11.2. The van der Waals surface area contributed by atoms with Crippen molar-refractivity contribution in [2.24, 2.45) is 0 Å². The summed E-state index contributed by atoms with van der Waals surface area (Å²) >= 11 is 10.7. The number of rotatable bonds is 4. The van der Waals surface area contributed by atoms with Gasteiger partial charge in [-0.2, -0.15) is 0 Å². The van der Waals surface area contributed by atoms with Gasteiger partial charge in [-0.25, -0.2) is 8.42 Å². The second kappa shape index (κ2) is 6.35. The molecule has 112 valence electrons. The van der Waals surface area contributed by atoms with Crippen molar-refractivity contribution in [3.8, 4) is 0 Å². The van der Waals surface area contributed by atoms with Crippen LogP contribution < -0.4 is 10.0 Å². The average molecular weight is 410 g/mol. The van der Waals surface area contributed by atoms with E-state index in [0.29, 0.717) is 22.0 Å². The molecule has 1 heterocycles. The van der Waals surface area contributed by atoms with Gasteiger partial charge >= 0.3 is 0 Å². The Morgan fingerprint density at radius 2 is 2.05 bits per heavy atom. The smallest absolute Gasteiger partial charge is 0.256 e. The van der Waals surface area contributed by atoms with Crippen molar-refractivity contribution in [1.82, 2.24) is 0 Å². The van der Waals surface area contributed by atoms with Gasteiger partial charge in [0.15, 0.2) is 0 Å². The van der Waals surface area contributed by atoms with E-state index in [0.717, 1.165) is 10.0 Å². The molecule has 2 rings (SSSR count). The fourth-order valence-electron chi connectivity index (χ4n) is 1.52. The number of carbonyl (C=O) groups excluding carboxylic acids is 1. The molecule has 9 heteroatoms. The number of benzene rings is 1. The van der Waals surface area contributed by atoms with Gasteiger partial charge in [0.2, 0.25) is 10.0 Å². The Hall–Kier alpha value is -1.09. The minimum absolute atomic E-state index is 0.316. The van der Waals surface area contributed by atoms with Crippen LogP contribution in [0, 0.1) is 0 Å². The van der Waals surface area contributed by atoms with Crippen LogP contribution in [0.2, 0.25) is 5.02 Å². The summed E-state index contributed by atoms with van der Waals surface area (Å²) in [5.41, 5.74) is 1.14. The lowest BCUT2D eigenvalue weighted by atomic mass is 10.2. The third-order valence-electron chi connectivity index (χ3n) is 2.35. The Labute approximate surface area is 139 Å². The molecule has 1 amide bonds. The molecule has 0 atom stereocenters. The Morgan fingerprint density at radius 3 is 2.62 bits per heavy atom. The molecule has 0 fully saturated rings. The maximum atomic E-state index is 12.1. The molecular formula is C12H10BrClN2O3S2. The predicted octanol–water partition coefficient (Wildman–Crippen LogP) is 3.79. The van der Waals surface area contributed by atoms with Gasteiger partial charge in [-0.1, -0.05) is 11.6 Å². The summed E-state index contributed by atoms with van der Waals surface area (Å²) in [6.07, 6.45) is 1.04. The summed E-state index contributed by atoms with van der Waals surface area (Å²) in [4.78, 5) is 12.1. The van der Waals surface area contributed by atoms with Crippen molar-refractivity contribution in [1.29, 1.82) is 0 Å². The molecule has 21 heavy (non-hydrogen) atoms. The number of amides is 1. The number of hydrogen-bond donors (Lipinski definition) is 2. The van der Waals surface area contributed by atoms with E-state index >= 15 is 0 Å². The van der Waals surface area contributed by atoms with E-state index < -0.39 is 10.0 Å². The van der Waals surface area contributed by atoms with E-state index in [-0.39, 0.29) is 5.91 Å². The van der Waals surface area contributed by atoms with Crippen molar-refractivity contribution in [3.05, 3.63) is 44.0 Å². The van der Waals surface area contributed by atoms with Crippen LogP contribution in [0.5, 0.6) is 0 Å². The van der Waals surface area contributed by atoms with Crippen LogP contribution in [-0.4, -0.2) is 20.6 Å². The lowest BCUT2D eigenvalue weighted by Crippen LogP contribution is -2.13. The third-order valence-corrected chi connectivity index (χ3v) is 4.79. The molecule has 0 saturated heterocycles. The van der Waals surface area contributed by atoms with Gasteiger partial charge in [0, 0.05) is 5.38 Å². The third kappa shape index (κ3) is 4.70. The van der Waals surface area contributed by atoms with Crippen LogP contribution in [0.15, 0.2) is 33.4 Å². The summed E-state index contributed by atoms with van der Waals surface area (Å²) in [7, 11) is -3.39. The zero-order valence-corrected chi connectivity index (χ0v) is 14.7. The van der Waals surface area contributed by atoms with Crippen LogP contribution in [0.1, 0.15) is 10.4 Å². The van der Waals surface area contributed by atoms with E-state index in [9.17, 15) is 13.2 Å². The number of thiophene rings is 1. The summed E-state index contributed by atoms with van der Waals surface area (Å²) in [5.74, 6) is -0.324. The monoisotopic (exact) mass is 408 g/mol. The molecule has 2 aromatic rings. The lowest BCUT2D eigenvalue weighted by Gasteiger charge is -2.09. The fraction of sp³-hybridized carbons (Fsp3) is 0.0833. The highest BCUT2D eigenvalue weighted by atomic mass is 79.9. The van der Waals surface area contributed by atoms with Gasteiger partial charge in [-0.15, -0.1) is 11.3 Å². The number of nitrogens with one attached hydrogen (secondary N) is 2. The molecule has 1 aromatic heterocycles. The molecule has 1 aromatic carbocycles. The van der Waals surface area contributed by atoms with Crippen molar-refractivity contribution in [2.75, 3.05) is 16.3 Å². The fourth-order valence-corrected chi connectivity index (χ4v) is 3.38. The molecule has 0 spiro atoms. The number of halogens is 2. The maximum Gasteiger partial charge on any atom is 0.256 e. The van der Waals surface area contributed by atoms with Crippen molar-refractivity contribution in [2.45, 2.75) is 0 Å². The number of hydrogen-bond acceptors (Lipinski definition) is 4. The van der Waals surface area contributed by atoms with Crippen LogP contribution >= 0.6 is 38.9 Å². The summed E-state index contributed by atoms with van der Waals surface area (Å²) < 4.78 is 25.6. The molecule has 0 aliphatic carbocycles. The molecular weight excluding hydrogens is 400 g/mol. The Kier molecular flexibility index (Phi) is 4.92. The van der Waals surface area contributed by atoms with E-state index in [1.807, 2.05) is 0 Å². The number of sulfonamides is 1. The molecule has 0 bridgehead atoms. The standard InChI is InChI=1S/C12H10BrClN2O3S2/c1-21(18,19)16-8-2-3-9(14)10(5-8)15-12(17)7-4-11(13)20-6-7/h2-6,16H,1H3,(H,15,17). The van der Waals surface area contributed by atoms with Gasteiger partial charge in [0.25, 0.3) is 5.91 Å². The highest BCUT2D eigenvalue weighted by molar-refractivity contribution is 9.11. The maximum absolute atomic E-state index is 12.1. The van der Waals surface area contributed by atoms with Crippen LogP contribution in [0.3, 0.4) is 0 Å². The van der Waals surface area contributed by atoms with Gasteiger partial charge < -0.3 is 5.32 Å². The van der Waals surface area contributed by atoms with E-state index in [4.69, 9.17) is 11.6 Å². The highest BCUT2D eigenvalue weighted by Crippen LogP contribution is 2.27. The zero-order valence-electron chi connectivity index (χ0n) is 10.7. The van der Waals surface area contributed by atoms with Crippen LogP contribution in [0.25, 0.3) is 0 Å². The van der Waals surface area contributed by atoms with Gasteiger partial charge in [-0.05, 0) is 40.2 Å². The minimum atomic E-state index is -3.39. The van der Waals surface area contributed by atoms with Crippen molar-refractivity contribution >= 4 is 66.2 Å². The van der Waals surface area contributed by atoms with Crippen molar-refractivity contribution in [3.63, 3.8) is 0 Å². The minimum Gasteiger partial charge on any atom is -0.321 e. The Bertz CT molecular complexity index is 790. The molecule has 0 unspecified atom stereocenters. The summed E-state index contributed by atoms with van der Waals surface area (Å²) in [6.45, 7) is 0. The molecule has 0 radical (unpaired) electrons. The second-order valence-corrected chi connectivity index (χ2v) is 8.61. The lowest BCUT2D eigenvalue weighted by molar-refractivity contribution is 0.102. The summed E-state index contributed by atoms with van der Waals surface area (Å²) in [5, 5.41) is 4.66. The molecule has 0 aliphatic heterocycles. The van der Waals surface area contributed by atoms with E-state index in [2.05, 4.69) is 26.0 Å². The first-order valence-corrected chi connectivity index (χ1v) is 9.51. The van der Waals surface area contributed by atoms with Gasteiger partial charge in [-0.3, -0.25) is 9.52 Å². The quantitative estimate of drug-likeness (QED) is 0.807. The molecule has 0 aliphatic rings. The predicted molar refractivity (Wildman–Crippen MR) is 89.9 cm³/mol. The van der Waals surface area contributed by atoms with Crippen LogP contribution in [-0.2, 0) is 10.0 Å². The molecule has 0 saturated carbocycles. The topological polar surface area (TPSA) is 75.3 Å². The van der Waals surface area contributed by atoms with Gasteiger partial charge in [0.05, 0.1) is 32.0 Å². The van der Waals surface area contributed by atoms with E-state index in [1.165, 1.54) is 29.5 Å². The first-order valence-electron chi connectivity index (χ1n) is 5.57. The molecule has 5 nitrogen and oxygen atoms in total. The average Bonchev–Trinajstić information content (AvgIpc) is 2.78. The first-order chi connectivity index (χ1) is 9.74. The zero-order chi connectivity index (χ0) is 15.6. The van der Waals surface area contributed by atoms with Crippen molar-refractivity contribution < 1.29 is 13.2 Å². The number of anilines is 2. The number of carbonyl (C=O) groups is 1. The largest absolute Gasteiger partial charge is 0.321 e. The first kappa shape index (κ1) is 16.3. The van der Waals surface area contributed by atoms with Crippen LogP contribution in [0.4, 0.5) is 11.4 Å². The highest BCUT2D eigenvalue weighted by Gasteiger charge is 2.12. The second-order valence-electron chi connectivity index (χ2n) is 4.16. The molecule has 2 N–H and O–H groups in total.